The smallest absolute Gasteiger partial charge is 0.159 e. The zero-order valence-electron chi connectivity index (χ0n) is 10.9. The van der Waals surface area contributed by atoms with Crippen LogP contribution in [0, 0.1) is 11.3 Å². The Morgan fingerprint density at radius 3 is 2.37 bits per heavy atom. The zero-order chi connectivity index (χ0) is 13.7. The molecular weight excluding hydrogens is 234 g/mol. The normalized spacial score (nSPS) is 9.89. The molecule has 2 aromatic rings. The molecule has 0 unspecified atom stereocenters. The third kappa shape index (κ3) is 3.53. The first-order valence-electron chi connectivity index (χ1n) is 6.28. The molecule has 0 heterocycles. The molecule has 0 aliphatic rings. The predicted molar refractivity (Wildman–Crippen MR) is 75.0 cm³/mol. The van der Waals surface area contributed by atoms with Crippen molar-refractivity contribution in [2.24, 2.45) is 0 Å². The van der Waals surface area contributed by atoms with Crippen LogP contribution >= 0.6 is 0 Å². The van der Waals surface area contributed by atoms with Crippen LogP contribution in [-0.4, -0.2) is 5.78 Å². The van der Waals surface area contributed by atoms with E-state index in [-0.39, 0.29) is 5.78 Å². The van der Waals surface area contributed by atoms with Gasteiger partial charge in [-0.1, -0.05) is 30.3 Å². The number of nitrogens with zero attached hydrogens (tertiary/aromatic N) is 1. The maximum Gasteiger partial charge on any atom is 0.159 e. The summed E-state index contributed by atoms with van der Waals surface area (Å²) in [5.74, 6) is -0.00180. The molecule has 0 saturated heterocycles. The Labute approximate surface area is 113 Å². The number of benzene rings is 2. The van der Waals surface area contributed by atoms with Crippen molar-refractivity contribution in [1.29, 1.82) is 5.26 Å². The molecule has 0 fully saturated rings. The lowest BCUT2D eigenvalue weighted by Crippen LogP contribution is -1.98. The van der Waals surface area contributed by atoms with Gasteiger partial charge >= 0.3 is 0 Å². The second-order valence-electron chi connectivity index (χ2n) is 4.57. The van der Waals surface area contributed by atoms with Crippen LogP contribution in [0.3, 0.4) is 0 Å². The molecule has 0 N–H and O–H groups in total. The molecule has 2 heteroatoms. The van der Waals surface area contributed by atoms with Crippen molar-refractivity contribution in [1.82, 2.24) is 0 Å². The van der Waals surface area contributed by atoms with Gasteiger partial charge in [0.15, 0.2) is 5.78 Å². The molecule has 2 rings (SSSR count). The fourth-order valence-corrected chi connectivity index (χ4v) is 2.04. The third-order valence-corrected chi connectivity index (χ3v) is 3.07. The van der Waals surface area contributed by atoms with Gasteiger partial charge in [0.2, 0.25) is 0 Å². The van der Waals surface area contributed by atoms with Gasteiger partial charge in [0.1, 0.15) is 0 Å². The molecule has 2 nitrogen and oxygen atoms in total. The van der Waals surface area contributed by atoms with Crippen LogP contribution in [0.2, 0.25) is 0 Å². The van der Waals surface area contributed by atoms with E-state index < -0.39 is 0 Å². The predicted octanol–water partition coefficient (Wildman–Crippen LogP) is 3.55. The Bertz CT molecular complexity index is 623. The van der Waals surface area contributed by atoms with Gasteiger partial charge in [-0.2, -0.15) is 5.26 Å². The van der Waals surface area contributed by atoms with Crippen LogP contribution in [0.4, 0.5) is 0 Å². The zero-order valence-corrected chi connectivity index (χ0v) is 10.9. The summed E-state index contributed by atoms with van der Waals surface area (Å²) < 4.78 is 0. The first-order chi connectivity index (χ1) is 9.19. The number of carbonyl (C=O) groups excluding carboxylic acids is 1. The number of carbonyl (C=O) groups is 1. The highest BCUT2D eigenvalue weighted by molar-refractivity contribution is 5.94. The Hall–Kier alpha value is -2.40. The molecule has 0 saturated carbocycles. The van der Waals surface area contributed by atoms with Crippen LogP contribution in [-0.2, 0) is 12.8 Å². The van der Waals surface area contributed by atoms with E-state index in [0.29, 0.717) is 11.1 Å². The molecule has 0 aliphatic heterocycles. The lowest BCUT2D eigenvalue weighted by atomic mass is 9.99. The molecular formula is C17H15NO. The van der Waals surface area contributed by atoms with Crippen molar-refractivity contribution in [2.45, 2.75) is 19.8 Å². The lowest BCUT2D eigenvalue weighted by molar-refractivity contribution is 0.101. The quantitative estimate of drug-likeness (QED) is 0.777. The number of Topliss-reactive ketones (excluding diaryl/α,β-unsaturated/α-hetero) is 1. The standard InChI is InChI=1S/C17H15NO/c1-13(19)17-10-15(9-16(11-17)12-18)8-7-14-5-3-2-4-6-14/h2-6,9-11H,7-8H2,1H3. The van der Waals surface area contributed by atoms with Crippen molar-refractivity contribution in [3.05, 3.63) is 70.8 Å². The summed E-state index contributed by atoms with van der Waals surface area (Å²) in [7, 11) is 0. The SMILES string of the molecule is CC(=O)c1cc(C#N)cc(CCc2ccccc2)c1. The fraction of sp³-hybridized carbons (Fsp3) is 0.176. The van der Waals surface area contributed by atoms with E-state index in [4.69, 9.17) is 5.26 Å². The molecule has 0 aliphatic carbocycles. The monoisotopic (exact) mass is 249 g/mol. The average Bonchev–Trinajstić information content (AvgIpc) is 2.45. The molecule has 19 heavy (non-hydrogen) atoms. The molecule has 2 aromatic carbocycles. The minimum Gasteiger partial charge on any atom is -0.295 e. The van der Waals surface area contributed by atoms with Crippen LogP contribution in [0.5, 0.6) is 0 Å². The second kappa shape index (κ2) is 5.97. The van der Waals surface area contributed by atoms with Crippen LogP contribution in [0.15, 0.2) is 48.5 Å². The highest BCUT2D eigenvalue weighted by atomic mass is 16.1. The van der Waals surface area contributed by atoms with Gasteiger partial charge in [0.25, 0.3) is 0 Å². The largest absolute Gasteiger partial charge is 0.295 e. The van der Waals surface area contributed by atoms with Gasteiger partial charge in [-0.3, -0.25) is 4.79 Å². The minimum atomic E-state index is -0.00180. The van der Waals surface area contributed by atoms with Gasteiger partial charge < -0.3 is 0 Å². The third-order valence-electron chi connectivity index (χ3n) is 3.07. The number of ketones is 1. The van der Waals surface area contributed by atoms with E-state index in [1.807, 2.05) is 30.3 Å². The van der Waals surface area contributed by atoms with Gasteiger partial charge in [-0.25, -0.2) is 0 Å². The van der Waals surface area contributed by atoms with Crippen molar-refractivity contribution in [3.63, 3.8) is 0 Å². The van der Waals surface area contributed by atoms with E-state index in [1.165, 1.54) is 12.5 Å². The number of nitriles is 1. The topological polar surface area (TPSA) is 40.9 Å². The Morgan fingerprint density at radius 1 is 1.05 bits per heavy atom. The van der Waals surface area contributed by atoms with E-state index in [9.17, 15) is 4.79 Å². The molecule has 0 spiro atoms. The summed E-state index contributed by atoms with van der Waals surface area (Å²) in [6.45, 7) is 1.53. The highest BCUT2D eigenvalue weighted by Gasteiger charge is 2.05. The molecule has 0 bridgehead atoms. The summed E-state index contributed by atoms with van der Waals surface area (Å²) in [5, 5.41) is 8.99. The molecule has 0 atom stereocenters. The highest BCUT2D eigenvalue weighted by Crippen LogP contribution is 2.13. The van der Waals surface area contributed by atoms with Gasteiger partial charge in [-0.15, -0.1) is 0 Å². The van der Waals surface area contributed by atoms with Gasteiger partial charge in [-0.05, 0) is 49.1 Å². The molecule has 0 amide bonds. The average molecular weight is 249 g/mol. The molecule has 94 valence electrons. The summed E-state index contributed by atoms with van der Waals surface area (Å²) in [5.41, 5.74) is 3.46. The van der Waals surface area contributed by atoms with E-state index in [0.717, 1.165) is 18.4 Å². The number of aryl methyl sites for hydroxylation is 2. The summed E-state index contributed by atoms with van der Waals surface area (Å²) >= 11 is 0. The second-order valence-corrected chi connectivity index (χ2v) is 4.57. The molecule has 0 radical (unpaired) electrons. The van der Waals surface area contributed by atoms with Crippen molar-refractivity contribution in [2.75, 3.05) is 0 Å². The minimum absolute atomic E-state index is 0.00180. The maximum atomic E-state index is 11.4. The van der Waals surface area contributed by atoms with Crippen LogP contribution in [0.1, 0.15) is 34.0 Å². The molecule has 0 aromatic heterocycles. The lowest BCUT2D eigenvalue weighted by Gasteiger charge is -2.05. The van der Waals surface area contributed by atoms with Crippen LogP contribution < -0.4 is 0 Å². The Balaban J connectivity index is 2.18. The van der Waals surface area contributed by atoms with Gasteiger partial charge in [0, 0.05) is 5.56 Å². The number of hydrogen-bond acceptors (Lipinski definition) is 2. The summed E-state index contributed by atoms with van der Waals surface area (Å²) in [6, 6.07) is 17.7. The van der Waals surface area contributed by atoms with E-state index in [2.05, 4.69) is 18.2 Å². The number of hydrogen-bond donors (Lipinski definition) is 0. The van der Waals surface area contributed by atoms with Crippen molar-refractivity contribution >= 4 is 5.78 Å². The van der Waals surface area contributed by atoms with E-state index in [1.54, 1.807) is 6.07 Å². The fourth-order valence-electron chi connectivity index (χ4n) is 2.04. The first kappa shape index (κ1) is 13.0. The Morgan fingerprint density at radius 2 is 1.74 bits per heavy atom. The van der Waals surface area contributed by atoms with Crippen molar-refractivity contribution < 1.29 is 4.79 Å². The van der Waals surface area contributed by atoms with Crippen LogP contribution in [0.25, 0.3) is 0 Å². The summed E-state index contributed by atoms with van der Waals surface area (Å²) in [6.07, 6.45) is 1.74. The van der Waals surface area contributed by atoms with E-state index >= 15 is 0 Å². The van der Waals surface area contributed by atoms with Crippen molar-refractivity contribution in [3.8, 4) is 6.07 Å². The Kier molecular flexibility index (Phi) is 4.10. The van der Waals surface area contributed by atoms with Gasteiger partial charge in [0.05, 0.1) is 11.6 Å². The first-order valence-corrected chi connectivity index (χ1v) is 6.28. The number of rotatable bonds is 4. The summed E-state index contributed by atoms with van der Waals surface area (Å²) in [4.78, 5) is 11.4. The maximum absolute atomic E-state index is 11.4.